The van der Waals surface area contributed by atoms with Gasteiger partial charge in [0.05, 0.1) is 0 Å². The minimum atomic E-state index is 0.774. The van der Waals surface area contributed by atoms with Gasteiger partial charge < -0.3 is 4.57 Å². The fraction of sp³-hybridized carbons (Fsp3) is 0.133. The van der Waals surface area contributed by atoms with Crippen molar-refractivity contribution in [2.45, 2.75) is 13.0 Å². The number of thiophene rings is 1. The minimum absolute atomic E-state index is 0.774. The van der Waals surface area contributed by atoms with Crippen LogP contribution >= 0.6 is 11.3 Å². The number of fused-ring (bicyclic) bond motifs is 1. The van der Waals surface area contributed by atoms with Gasteiger partial charge in [0.1, 0.15) is 0 Å². The smallest absolute Gasteiger partial charge is 0.152 e. The van der Waals surface area contributed by atoms with Gasteiger partial charge in [0, 0.05) is 29.2 Å². The molecule has 2 aromatic heterocycles. The Bertz CT molecular complexity index is 667. The fourth-order valence-corrected chi connectivity index (χ4v) is 2.94. The lowest BCUT2D eigenvalue weighted by atomic mass is 10.2. The first-order chi connectivity index (χ1) is 8.88. The highest BCUT2D eigenvalue weighted by Gasteiger charge is 2.06. The normalized spacial score (nSPS) is 10.9. The van der Waals surface area contributed by atoms with Crippen LogP contribution in [0.5, 0.6) is 0 Å². The van der Waals surface area contributed by atoms with E-state index in [0.29, 0.717) is 0 Å². The minimum Gasteiger partial charge on any atom is -0.346 e. The largest absolute Gasteiger partial charge is 0.346 e. The van der Waals surface area contributed by atoms with Crippen molar-refractivity contribution in [3.63, 3.8) is 0 Å². The van der Waals surface area contributed by atoms with Gasteiger partial charge >= 0.3 is 0 Å². The Labute approximate surface area is 109 Å². The average Bonchev–Trinajstić information content (AvgIpc) is 3.04. The summed E-state index contributed by atoms with van der Waals surface area (Å²) in [6.45, 7) is 0.908. The standard InChI is InChI=1S/C15H13NOS/c17-10-13-9-16(7-5-12-6-8-18-11-12)15-4-2-1-3-14(13)15/h1-4,6,8-11H,5,7H2. The van der Waals surface area contributed by atoms with Gasteiger partial charge in [-0.2, -0.15) is 11.3 Å². The molecule has 0 radical (unpaired) electrons. The second kappa shape index (κ2) is 4.78. The first kappa shape index (κ1) is 11.2. The van der Waals surface area contributed by atoms with E-state index in [-0.39, 0.29) is 0 Å². The topological polar surface area (TPSA) is 22.0 Å². The SMILES string of the molecule is O=Cc1cn(CCc2ccsc2)c2ccccc12. The van der Waals surface area contributed by atoms with Crippen LogP contribution in [0, 0.1) is 0 Å². The summed E-state index contributed by atoms with van der Waals surface area (Å²) in [4.78, 5) is 11.1. The summed E-state index contributed by atoms with van der Waals surface area (Å²) in [6, 6.07) is 10.2. The van der Waals surface area contributed by atoms with Crippen LogP contribution < -0.4 is 0 Å². The maximum atomic E-state index is 11.1. The van der Waals surface area contributed by atoms with Crippen LogP contribution in [-0.4, -0.2) is 10.9 Å². The lowest BCUT2D eigenvalue weighted by Gasteiger charge is -2.03. The van der Waals surface area contributed by atoms with Crippen LogP contribution in [-0.2, 0) is 13.0 Å². The monoisotopic (exact) mass is 255 g/mol. The van der Waals surface area contributed by atoms with Crippen LogP contribution in [0.2, 0.25) is 0 Å². The third-order valence-electron chi connectivity index (χ3n) is 3.17. The number of benzene rings is 1. The molecule has 0 saturated heterocycles. The highest BCUT2D eigenvalue weighted by Crippen LogP contribution is 2.20. The van der Waals surface area contributed by atoms with Gasteiger partial charge in [-0.25, -0.2) is 0 Å². The van der Waals surface area contributed by atoms with Gasteiger partial charge in [-0.15, -0.1) is 0 Å². The summed E-state index contributed by atoms with van der Waals surface area (Å²) < 4.78 is 2.16. The molecule has 0 N–H and O–H groups in total. The van der Waals surface area contributed by atoms with Crippen molar-refractivity contribution in [3.05, 3.63) is 58.4 Å². The Hall–Kier alpha value is -1.87. The van der Waals surface area contributed by atoms with E-state index in [0.717, 1.165) is 35.7 Å². The van der Waals surface area contributed by atoms with Gasteiger partial charge in [-0.3, -0.25) is 4.79 Å². The molecule has 0 spiro atoms. The van der Waals surface area contributed by atoms with E-state index < -0.39 is 0 Å². The number of aldehydes is 1. The summed E-state index contributed by atoms with van der Waals surface area (Å²) >= 11 is 1.72. The molecule has 3 heteroatoms. The second-order valence-electron chi connectivity index (χ2n) is 4.29. The summed E-state index contributed by atoms with van der Waals surface area (Å²) in [5.74, 6) is 0. The zero-order valence-electron chi connectivity index (χ0n) is 9.87. The molecule has 90 valence electrons. The van der Waals surface area contributed by atoms with Crippen molar-refractivity contribution < 1.29 is 4.79 Å². The number of aromatic nitrogens is 1. The molecular formula is C15H13NOS. The van der Waals surface area contributed by atoms with Gasteiger partial charge in [0.15, 0.2) is 6.29 Å². The van der Waals surface area contributed by atoms with E-state index >= 15 is 0 Å². The molecule has 0 unspecified atom stereocenters. The predicted molar refractivity (Wildman–Crippen MR) is 75.3 cm³/mol. The quantitative estimate of drug-likeness (QED) is 0.651. The van der Waals surface area contributed by atoms with E-state index in [1.807, 2.05) is 24.4 Å². The number of rotatable bonds is 4. The van der Waals surface area contributed by atoms with Crippen LogP contribution in [0.25, 0.3) is 10.9 Å². The number of hydrogen-bond donors (Lipinski definition) is 0. The van der Waals surface area contributed by atoms with Crippen molar-refractivity contribution >= 4 is 28.5 Å². The Kier molecular flexibility index (Phi) is 2.99. The number of carbonyl (C=O) groups is 1. The van der Waals surface area contributed by atoms with Gasteiger partial charge in [0.25, 0.3) is 0 Å². The molecule has 0 aliphatic rings. The highest BCUT2D eigenvalue weighted by molar-refractivity contribution is 7.07. The molecule has 0 bridgehead atoms. The third kappa shape index (κ3) is 1.97. The molecule has 3 rings (SSSR count). The molecule has 0 amide bonds. The summed E-state index contributed by atoms with van der Waals surface area (Å²) in [6.07, 6.45) is 3.88. The van der Waals surface area contributed by atoms with Crippen molar-refractivity contribution in [1.82, 2.24) is 4.57 Å². The van der Waals surface area contributed by atoms with Crippen molar-refractivity contribution in [1.29, 1.82) is 0 Å². The lowest BCUT2D eigenvalue weighted by molar-refractivity contribution is 0.112. The predicted octanol–water partition coefficient (Wildman–Crippen LogP) is 3.76. The Balaban J connectivity index is 1.94. The van der Waals surface area contributed by atoms with Crippen LogP contribution in [0.15, 0.2) is 47.3 Å². The summed E-state index contributed by atoms with van der Waals surface area (Å²) in [7, 11) is 0. The average molecular weight is 255 g/mol. The molecule has 0 aliphatic carbocycles. The zero-order valence-corrected chi connectivity index (χ0v) is 10.7. The maximum absolute atomic E-state index is 11.1. The first-order valence-corrected chi connectivity index (χ1v) is 6.87. The lowest BCUT2D eigenvalue weighted by Crippen LogP contribution is -1.98. The number of para-hydroxylation sites is 1. The van der Waals surface area contributed by atoms with Crippen LogP contribution in [0.3, 0.4) is 0 Å². The number of carbonyl (C=O) groups excluding carboxylic acids is 1. The van der Waals surface area contributed by atoms with Crippen LogP contribution in [0.4, 0.5) is 0 Å². The number of hydrogen-bond acceptors (Lipinski definition) is 2. The molecule has 18 heavy (non-hydrogen) atoms. The molecule has 0 saturated carbocycles. The van der Waals surface area contributed by atoms with Crippen molar-refractivity contribution in [2.24, 2.45) is 0 Å². The van der Waals surface area contributed by atoms with Crippen LogP contribution in [0.1, 0.15) is 15.9 Å². The van der Waals surface area contributed by atoms with Crippen molar-refractivity contribution in [2.75, 3.05) is 0 Å². The number of nitrogens with zero attached hydrogens (tertiary/aromatic N) is 1. The summed E-state index contributed by atoms with van der Waals surface area (Å²) in [5, 5.41) is 5.31. The summed E-state index contributed by atoms with van der Waals surface area (Å²) in [5.41, 5.74) is 3.26. The first-order valence-electron chi connectivity index (χ1n) is 5.92. The second-order valence-corrected chi connectivity index (χ2v) is 5.07. The van der Waals surface area contributed by atoms with E-state index in [4.69, 9.17) is 0 Å². The molecule has 0 aliphatic heterocycles. The molecule has 2 heterocycles. The van der Waals surface area contributed by atoms with E-state index in [1.165, 1.54) is 5.56 Å². The van der Waals surface area contributed by atoms with E-state index in [1.54, 1.807) is 11.3 Å². The molecular weight excluding hydrogens is 242 g/mol. The molecule has 0 fully saturated rings. The zero-order chi connectivity index (χ0) is 12.4. The highest BCUT2D eigenvalue weighted by atomic mass is 32.1. The van der Waals surface area contributed by atoms with E-state index in [2.05, 4.69) is 27.5 Å². The fourth-order valence-electron chi connectivity index (χ4n) is 2.24. The third-order valence-corrected chi connectivity index (χ3v) is 3.90. The Morgan fingerprint density at radius 1 is 1.22 bits per heavy atom. The molecule has 3 aromatic rings. The van der Waals surface area contributed by atoms with Gasteiger partial charge in [0.2, 0.25) is 0 Å². The van der Waals surface area contributed by atoms with Crippen molar-refractivity contribution in [3.8, 4) is 0 Å². The molecule has 1 aromatic carbocycles. The number of aryl methyl sites for hydroxylation is 2. The Morgan fingerprint density at radius 3 is 2.89 bits per heavy atom. The molecule has 2 nitrogen and oxygen atoms in total. The van der Waals surface area contributed by atoms with Gasteiger partial charge in [-0.05, 0) is 34.9 Å². The van der Waals surface area contributed by atoms with E-state index in [9.17, 15) is 4.79 Å². The maximum Gasteiger partial charge on any atom is 0.152 e. The Morgan fingerprint density at radius 2 is 2.11 bits per heavy atom. The van der Waals surface area contributed by atoms with Gasteiger partial charge in [-0.1, -0.05) is 18.2 Å². The molecule has 0 atom stereocenters.